The summed E-state index contributed by atoms with van der Waals surface area (Å²) in [6.45, 7) is 2.02. The third-order valence-electron chi connectivity index (χ3n) is 2.63. The summed E-state index contributed by atoms with van der Waals surface area (Å²) in [6.07, 6.45) is 0. The fourth-order valence-corrected chi connectivity index (χ4v) is 1.96. The summed E-state index contributed by atoms with van der Waals surface area (Å²) in [5, 5.41) is 4.36. The van der Waals surface area contributed by atoms with Crippen molar-refractivity contribution in [3.05, 3.63) is 52.3 Å². The first kappa shape index (κ1) is 13.6. The average molecular weight is 280 g/mol. The van der Waals surface area contributed by atoms with E-state index >= 15 is 0 Å². The SMILES string of the molecule is Cc1nn(C)c(Cl)c1C(=O)NOCc1ccccc1. The molecule has 0 radical (unpaired) electrons. The first-order valence-corrected chi connectivity index (χ1v) is 6.12. The summed E-state index contributed by atoms with van der Waals surface area (Å²) < 4.78 is 1.45. The number of rotatable bonds is 4. The van der Waals surface area contributed by atoms with Crippen molar-refractivity contribution in [2.45, 2.75) is 13.5 Å². The molecule has 0 unspecified atom stereocenters. The Kier molecular flexibility index (Phi) is 4.19. The zero-order chi connectivity index (χ0) is 13.8. The Morgan fingerprint density at radius 3 is 2.68 bits per heavy atom. The Morgan fingerprint density at radius 1 is 1.42 bits per heavy atom. The molecule has 0 saturated carbocycles. The van der Waals surface area contributed by atoms with Crippen molar-refractivity contribution >= 4 is 17.5 Å². The largest absolute Gasteiger partial charge is 0.279 e. The molecule has 1 aromatic carbocycles. The van der Waals surface area contributed by atoms with Gasteiger partial charge in [-0.2, -0.15) is 5.10 Å². The fraction of sp³-hybridized carbons (Fsp3) is 0.231. The second kappa shape index (κ2) is 5.86. The highest BCUT2D eigenvalue weighted by Crippen LogP contribution is 2.18. The number of hydrogen-bond donors (Lipinski definition) is 1. The summed E-state index contributed by atoms with van der Waals surface area (Å²) in [5.41, 5.74) is 4.23. The van der Waals surface area contributed by atoms with E-state index in [0.717, 1.165) is 5.56 Å². The monoisotopic (exact) mass is 279 g/mol. The van der Waals surface area contributed by atoms with Gasteiger partial charge in [0.2, 0.25) is 0 Å². The number of carbonyl (C=O) groups is 1. The summed E-state index contributed by atoms with van der Waals surface area (Å²) in [4.78, 5) is 17.1. The molecule has 5 nitrogen and oxygen atoms in total. The second-order valence-electron chi connectivity index (χ2n) is 4.08. The molecule has 0 aliphatic heterocycles. The lowest BCUT2D eigenvalue weighted by Crippen LogP contribution is -2.24. The van der Waals surface area contributed by atoms with Gasteiger partial charge in [-0.05, 0) is 12.5 Å². The van der Waals surface area contributed by atoms with Gasteiger partial charge in [0.05, 0.1) is 12.3 Å². The molecule has 2 aromatic rings. The molecule has 100 valence electrons. The Bertz CT molecular complexity index is 581. The van der Waals surface area contributed by atoms with Crippen LogP contribution in [0.3, 0.4) is 0 Å². The van der Waals surface area contributed by atoms with Gasteiger partial charge in [-0.25, -0.2) is 5.48 Å². The van der Waals surface area contributed by atoms with Crippen molar-refractivity contribution in [3.8, 4) is 0 Å². The van der Waals surface area contributed by atoms with Crippen LogP contribution >= 0.6 is 11.6 Å². The molecular weight excluding hydrogens is 266 g/mol. The second-order valence-corrected chi connectivity index (χ2v) is 4.44. The van der Waals surface area contributed by atoms with Crippen molar-refractivity contribution in [1.29, 1.82) is 0 Å². The van der Waals surface area contributed by atoms with Crippen LogP contribution in [0.4, 0.5) is 0 Å². The Hall–Kier alpha value is -1.85. The number of benzene rings is 1. The van der Waals surface area contributed by atoms with Crippen LogP contribution in [0.15, 0.2) is 30.3 Å². The lowest BCUT2D eigenvalue weighted by molar-refractivity contribution is 0.0233. The summed E-state index contributed by atoms with van der Waals surface area (Å²) in [7, 11) is 1.68. The van der Waals surface area contributed by atoms with Gasteiger partial charge in [-0.1, -0.05) is 41.9 Å². The molecule has 2 rings (SSSR count). The molecule has 1 aromatic heterocycles. The highest BCUT2D eigenvalue weighted by molar-refractivity contribution is 6.33. The topological polar surface area (TPSA) is 56.2 Å². The number of nitrogens with zero attached hydrogens (tertiary/aromatic N) is 2. The van der Waals surface area contributed by atoms with Gasteiger partial charge in [0.1, 0.15) is 10.7 Å². The first-order valence-electron chi connectivity index (χ1n) is 5.74. The van der Waals surface area contributed by atoms with Crippen LogP contribution < -0.4 is 5.48 Å². The maximum atomic E-state index is 11.9. The molecule has 19 heavy (non-hydrogen) atoms. The van der Waals surface area contributed by atoms with Crippen LogP contribution in [-0.2, 0) is 18.5 Å². The Balaban J connectivity index is 1.95. The molecule has 0 aliphatic carbocycles. The maximum absolute atomic E-state index is 11.9. The number of aryl methyl sites for hydroxylation is 2. The summed E-state index contributed by atoms with van der Waals surface area (Å²) in [6, 6.07) is 9.55. The van der Waals surface area contributed by atoms with Crippen molar-refractivity contribution in [3.63, 3.8) is 0 Å². The maximum Gasteiger partial charge on any atom is 0.279 e. The number of nitrogens with one attached hydrogen (secondary N) is 1. The van der Waals surface area contributed by atoms with Gasteiger partial charge in [0.15, 0.2) is 0 Å². The summed E-state index contributed by atoms with van der Waals surface area (Å²) >= 11 is 5.99. The number of halogens is 1. The van der Waals surface area contributed by atoms with Gasteiger partial charge in [-0.15, -0.1) is 0 Å². The molecule has 1 amide bonds. The number of hydroxylamine groups is 1. The van der Waals surface area contributed by atoms with Crippen molar-refractivity contribution < 1.29 is 9.63 Å². The Morgan fingerprint density at radius 2 is 2.11 bits per heavy atom. The molecule has 1 heterocycles. The van der Waals surface area contributed by atoms with Gasteiger partial charge in [-0.3, -0.25) is 14.3 Å². The zero-order valence-corrected chi connectivity index (χ0v) is 11.4. The highest BCUT2D eigenvalue weighted by atomic mass is 35.5. The van der Waals surface area contributed by atoms with Gasteiger partial charge in [0.25, 0.3) is 5.91 Å². The lowest BCUT2D eigenvalue weighted by atomic mass is 10.2. The van der Waals surface area contributed by atoms with Crippen LogP contribution in [0.2, 0.25) is 5.15 Å². The van der Waals surface area contributed by atoms with Crippen LogP contribution in [-0.4, -0.2) is 15.7 Å². The van der Waals surface area contributed by atoms with Crippen LogP contribution in [0, 0.1) is 6.92 Å². The molecule has 0 bridgehead atoms. The van der Waals surface area contributed by atoms with E-state index < -0.39 is 5.91 Å². The van der Waals surface area contributed by atoms with Crippen LogP contribution in [0.1, 0.15) is 21.6 Å². The van der Waals surface area contributed by atoms with E-state index in [-0.39, 0.29) is 0 Å². The molecule has 0 atom stereocenters. The summed E-state index contributed by atoms with van der Waals surface area (Å²) in [5.74, 6) is -0.397. The minimum Gasteiger partial charge on any atom is -0.269 e. The minimum absolute atomic E-state index is 0.290. The van der Waals surface area contributed by atoms with Crippen LogP contribution in [0.25, 0.3) is 0 Å². The third kappa shape index (κ3) is 3.13. The predicted molar refractivity (Wildman–Crippen MR) is 71.7 cm³/mol. The van der Waals surface area contributed by atoms with Crippen LogP contribution in [0.5, 0.6) is 0 Å². The molecular formula is C13H14ClN3O2. The van der Waals surface area contributed by atoms with E-state index in [2.05, 4.69) is 10.6 Å². The van der Waals surface area contributed by atoms with Crippen molar-refractivity contribution in [1.82, 2.24) is 15.3 Å². The number of aromatic nitrogens is 2. The van der Waals surface area contributed by atoms with Crippen molar-refractivity contribution in [2.24, 2.45) is 7.05 Å². The zero-order valence-electron chi connectivity index (χ0n) is 10.7. The van der Waals surface area contributed by atoms with E-state index in [1.54, 1.807) is 14.0 Å². The standard InChI is InChI=1S/C13H14ClN3O2/c1-9-11(12(14)17(2)15-9)13(18)16-19-8-10-6-4-3-5-7-10/h3-7H,8H2,1-2H3,(H,16,18). The third-order valence-corrected chi connectivity index (χ3v) is 3.06. The number of hydrogen-bond acceptors (Lipinski definition) is 3. The normalized spacial score (nSPS) is 10.5. The minimum atomic E-state index is -0.397. The highest BCUT2D eigenvalue weighted by Gasteiger charge is 2.18. The molecule has 0 aliphatic rings. The Labute approximate surface area is 116 Å². The molecule has 6 heteroatoms. The van der Waals surface area contributed by atoms with E-state index in [0.29, 0.717) is 23.0 Å². The smallest absolute Gasteiger partial charge is 0.269 e. The lowest BCUT2D eigenvalue weighted by Gasteiger charge is -2.05. The average Bonchev–Trinajstić information content (AvgIpc) is 2.64. The molecule has 0 spiro atoms. The van der Waals surface area contributed by atoms with Gasteiger partial charge >= 0.3 is 0 Å². The number of carbonyl (C=O) groups excluding carboxylic acids is 1. The van der Waals surface area contributed by atoms with E-state index in [9.17, 15) is 4.79 Å². The molecule has 1 N–H and O–H groups in total. The molecule has 0 saturated heterocycles. The van der Waals surface area contributed by atoms with Gasteiger partial charge in [0, 0.05) is 7.05 Å². The fourth-order valence-electron chi connectivity index (χ4n) is 1.70. The van der Waals surface area contributed by atoms with E-state index in [4.69, 9.17) is 16.4 Å². The number of amides is 1. The van der Waals surface area contributed by atoms with E-state index in [1.807, 2.05) is 30.3 Å². The first-order chi connectivity index (χ1) is 9.09. The van der Waals surface area contributed by atoms with E-state index in [1.165, 1.54) is 4.68 Å². The van der Waals surface area contributed by atoms with Crippen molar-refractivity contribution in [2.75, 3.05) is 0 Å². The predicted octanol–water partition coefficient (Wildman–Crippen LogP) is 2.24. The van der Waals surface area contributed by atoms with Gasteiger partial charge < -0.3 is 0 Å². The quantitative estimate of drug-likeness (QED) is 0.874. The molecule has 0 fully saturated rings.